The number of imide groups is 1. The molecule has 2 aliphatic rings. The van der Waals surface area contributed by atoms with Crippen molar-refractivity contribution in [2.24, 2.45) is 0 Å². The van der Waals surface area contributed by atoms with E-state index in [0.29, 0.717) is 22.5 Å². The molecule has 3 amide bonds. The zero-order valence-corrected chi connectivity index (χ0v) is 21.9. The summed E-state index contributed by atoms with van der Waals surface area (Å²) >= 11 is 0. The summed E-state index contributed by atoms with van der Waals surface area (Å²) in [5.41, 5.74) is -0.495. The molecular formula is C30H28N2O6. The molecule has 0 fully saturated rings. The molecule has 2 heterocycles. The first-order chi connectivity index (χ1) is 18.0. The quantitative estimate of drug-likeness (QED) is 0.425. The van der Waals surface area contributed by atoms with Crippen LogP contribution in [0, 0.1) is 0 Å². The number of para-hydroxylation sites is 1. The molecule has 0 radical (unpaired) electrons. The second-order valence-electron chi connectivity index (χ2n) is 10.5. The summed E-state index contributed by atoms with van der Waals surface area (Å²) in [6, 6.07) is 18.3. The van der Waals surface area contributed by atoms with Crippen LogP contribution in [0.25, 0.3) is 10.8 Å². The fourth-order valence-electron chi connectivity index (χ4n) is 5.32. The third-order valence-electron chi connectivity index (χ3n) is 6.86. The van der Waals surface area contributed by atoms with Crippen molar-refractivity contribution >= 4 is 46.0 Å². The van der Waals surface area contributed by atoms with Gasteiger partial charge in [0.05, 0.1) is 24.1 Å². The van der Waals surface area contributed by atoms with Gasteiger partial charge in [-0.25, -0.2) is 14.5 Å². The van der Waals surface area contributed by atoms with E-state index in [2.05, 4.69) is 0 Å². The van der Waals surface area contributed by atoms with Crippen molar-refractivity contribution < 1.29 is 28.7 Å². The number of esters is 1. The number of hydrogen-bond acceptors (Lipinski definition) is 6. The Morgan fingerprint density at radius 1 is 0.921 bits per heavy atom. The largest absolute Gasteiger partial charge is 0.466 e. The highest BCUT2D eigenvalue weighted by atomic mass is 16.6. The van der Waals surface area contributed by atoms with E-state index < -0.39 is 34.9 Å². The molecule has 0 N–H and O–H groups in total. The summed E-state index contributed by atoms with van der Waals surface area (Å²) in [6.45, 7) is 6.55. The average molecular weight is 513 g/mol. The van der Waals surface area contributed by atoms with Crippen molar-refractivity contribution in [1.29, 1.82) is 0 Å². The van der Waals surface area contributed by atoms with Crippen LogP contribution in [0.4, 0.5) is 16.2 Å². The maximum absolute atomic E-state index is 14.3. The van der Waals surface area contributed by atoms with Gasteiger partial charge >= 0.3 is 12.1 Å². The van der Waals surface area contributed by atoms with Crippen LogP contribution in [0.2, 0.25) is 0 Å². The van der Waals surface area contributed by atoms with Crippen molar-refractivity contribution in [3.63, 3.8) is 0 Å². The molecule has 0 aromatic heterocycles. The Bertz CT molecular complexity index is 1550. The zero-order valence-electron chi connectivity index (χ0n) is 21.9. The minimum Gasteiger partial charge on any atom is -0.466 e. The molecule has 0 saturated heterocycles. The predicted molar refractivity (Wildman–Crippen MR) is 143 cm³/mol. The van der Waals surface area contributed by atoms with Gasteiger partial charge in [-0.05, 0) is 67.3 Å². The molecule has 8 nitrogen and oxygen atoms in total. The van der Waals surface area contributed by atoms with E-state index in [1.54, 1.807) is 45.0 Å². The molecule has 0 saturated carbocycles. The van der Waals surface area contributed by atoms with E-state index in [0.717, 1.165) is 15.7 Å². The van der Waals surface area contributed by atoms with Crippen molar-refractivity contribution in [3.8, 4) is 0 Å². The Morgan fingerprint density at radius 2 is 1.55 bits per heavy atom. The van der Waals surface area contributed by atoms with E-state index in [1.165, 1.54) is 25.1 Å². The monoisotopic (exact) mass is 512 g/mol. The number of methoxy groups -OCH3 is 1. The number of carbonyl (C=O) groups is 4. The van der Waals surface area contributed by atoms with E-state index in [9.17, 15) is 19.2 Å². The average Bonchev–Trinajstić information content (AvgIpc) is 3.00. The molecule has 38 heavy (non-hydrogen) atoms. The number of ether oxygens (including phenoxy) is 2. The molecule has 1 spiro atoms. The number of rotatable bonds is 1. The van der Waals surface area contributed by atoms with Crippen LogP contribution in [0.1, 0.15) is 38.8 Å². The Morgan fingerprint density at radius 3 is 2.18 bits per heavy atom. The van der Waals surface area contributed by atoms with Gasteiger partial charge < -0.3 is 9.47 Å². The van der Waals surface area contributed by atoms with Crippen LogP contribution >= 0.6 is 0 Å². The number of amides is 3. The molecule has 1 unspecified atom stereocenters. The maximum Gasteiger partial charge on any atom is 0.418 e. The molecular weight excluding hydrogens is 484 g/mol. The molecule has 0 bridgehead atoms. The topological polar surface area (TPSA) is 93.2 Å². The normalized spacial score (nSPS) is 18.6. The third-order valence-corrected chi connectivity index (χ3v) is 6.86. The van der Waals surface area contributed by atoms with Gasteiger partial charge in [0.1, 0.15) is 11.0 Å². The van der Waals surface area contributed by atoms with Gasteiger partial charge in [0.15, 0.2) is 0 Å². The van der Waals surface area contributed by atoms with E-state index in [4.69, 9.17) is 9.47 Å². The lowest BCUT2D eigenvalue weighted by atomic mass is 9.71. The van der Waals surface area contributed by atoms with Crippen LogP contribution < -0.4 is 9.80 Å². The Labute approximate surface area is 220 Å². The maximum atomic E-state index is 14.3. The van der Waals surface area contributed by atoms with Crippen LogP contribution in [0.15, 0.2) is 72.4 Å². The van der Waals surface area contributed by atoms with Gasteiger partial charge in [-0.1, -0.05) is 42.5 Å². The predicted octanol–water partition coefficient (Wildman–Crippen LogP) is 5.03. The minimum atomic E-state index is -1.61. The molecule has 0 aliphatic carbocycles. The SMILES string of the molecule is COC(=O)C1=CN(C(=O)OC(C)(C)C)c2cc3ccccc3cc2CC12C(=O)N(C(C)=O)c1ccccc12. The van der Waals surface area contributed by atoms with Crippen molar-refractivity contribution in [3.05, 3.63) is 83.6 Å². The van der Waals surface area contributed by atoms with E-state index >= 15 is 0 Å². The van der Waals surface area contributed by atoms with Crippen molar-refractivity contribution in [2.75, 3.05) is 16.9 Å². The van der Waals surface area contributed by atoms with Crippen molar-refractivity contribution in [2.45, 2.75) is 45.1 Å². The second kappa shape index (κ2) is 8.83. The number of carbonyl (C=O) groups excluding carboxylic acids is 4. The highest BCUT2D eigenvalue weighted by Gasteiger charge is 2.58. The van der Waals surface area contributed by atoms with Crippen LogP contribution in [-0.2, 0) is 35.7 Å². The van der Waals surface area contributed by atoms with Gasteiger partial charge in [-0.3, -0.25) is 14.5 Å². The van der Waals surface area contributed by atoms with Crippen LogP contribution in [-0.4, -0.2) is 36.6 Å². The summed E-state index contributed by atoms with van der Waals surface area (Å²) in [6.07, 6.45) is 0.640. The van der Waals surface area contributed by atoms with Crippen molar-refractivity contribution in [1.82, 2.24) is 0 Å². The summed E-state index contributed by atoms with van der Waals surface area (Å²) in [7, 11) is 1.22. The molecule has 5 rings (SSSR count). The van der Waals surface area contributed by atoms with Gasteiger partial charge in [0.2, 0.25) is 11.8 Å². The molecule has 8 heteroatoms. The van der Waals surface area contributed by atoms with Crippen LogP contribution in [0.5, 0.6) is 0 Å². The summed E-state index contributed by atoms with van der Waals surface area (Å²) in [5, 5.41) is 1.77. The fourth-order valence-corrected chi connectivity index (χ4v) is 5.32. The molecule has 1 atom stereocenters. The van der Waals surface area contributed by atoms with Gasteiger partial charge in [-0.15, -0.1) is 0 Å². The van der Waals surface area contributed by atoms with E-state index in [1.807, 2.05) is 36.4 Å². The summed E-state index contributed by atoms with van der Waals surface area (Å²) in [5.74, 6) is -1.84. The second-order valence-corrected chi connectivity index (χ2v) is 10.5. The van der Waals surface area contributed by atoms with Crippen LogP contribution in [0.3, 0.4) is 0 Å². The number of benzene rings is 3. The first-order valence-corrected chi connectivity index (χ1v) is 12.3. The Hall–Kier alpha value is -4.46. The summed E-state index contributed by atoms with van der Waals surface area (Å²) < 4.78 is 10.9. The lowest BCUT2D eigenvalue weighted by Gasteiger charge is -2.29. The summed E-state index contributed by atoms with van der Waals surface area (Å²) in [4.78, 5) is 56.3. The van der Waals surface area contributed by atoms with E-state index in [-0.39, 0.29) is 12.0 Å². The zero-order chi connectivity index (χ0) is 27.4. The highest BCUT2D eigenvalue weighted by molar-refractivity contribution is 6.26. The number of fused-ring (bicyclic) bond motifs is 4. The number of nitrogens with zero attached hydrogens (tertiary/aromatic N) is 2. The van der Waals surface area contributed by atoms with Gasteiger partial charge in [0, 0.05) is 13.1 Å². The lowest BCUT2D eigenvalue weighted by molar-refractivity contribution is -0.139. The Kier molecular flexibility index (Phi) is 5.86. The standard InChI is InChI=1S/C30H28N2O6/c1-18(33)32-24-13-9-8-12-22(24)30(27(32)35)16-21-14-19-10-6-7-11-20(19)15-25(21)31(17-23(30)26(34)37-5)28(36)38-29(2,3)4/h6-15,17H,16H2,1-5H3. The first-order valence-electron chi connectivity index (χ1n) is 12.3. The first kappa shape index (κ1) is 25.2. The molecule has 2 aliphatic heterocycles. The fraction of sp³-hybridized carbons (Fsp3) is 0.267. The Balaban J connectivity index is 1.87. The minimum absolute atomic E-state index is 0.0209. The molecule has 3 aromatic rings. The smallest absolute Gasteiger partial charge is 0.418 e. The highest BCUT2D eigenvalue weighted by Crippen LogP contribution is 2.51. The van der Waals surface area contributed by atoms with Gasteiger partial charge in [-0.2, -0.15) is 0 Å². The number of hydrogen-bond donors (Lipinski definition) is 0. The third kappa shape index (κ3) is 3.84. The molecule has 3 aromatic carbocycles. The van der Waals surface area contributed by atoms with Gasteiger partial charge in [0.25, 0.3) is 0 Å². The lowest BCUT2D eigenvalue weighted by Crippen LogP contribution is -2.47. The molecule has 194 valence electrons. The number of anilines is 2.